The second-order valence-corrected chi connectivity index (χ2v) is 5.79. The standard InChI is InChI=1S/C16H22N2O/c1-2-18(11-12-6-4-3-5-7-12)16-14-9-8-13(10-14)15(16)17-19/h3-7,13-14,16,19H,2,8-11H2,1H3. The zero-order valence-electron chi connectivity index (χ0n) is 11.5. The van der Waals surface area contributed by atoms with E-state index >= 15 is 0 Å². The van der Waals surface area contributed by atoms with Gasteiger partial charge in [-0.1, -0.05) is 42.4 Å². The molecule has 0 heterocycles. The summed E-state index contributed by atoms with van der Waals surface area (Å²) in [7, 11) is 0. The van der Waals surface area contributed by atoms with Gasteiger partial charge < -0.3 is 5.21 Å². The van der Waals surface area contributed by atoms with E-state index < -0.39 is 0 Å². The Labute approximate surface area is 114 Å². The van der Waals surface area contributed by atoms with Crippen LogP contribution in [0.3, 0.4) is 0 Å². The van der Waals surface area contributed by atoms with Crippen molar-refractivity contribution in [3.63, 3.8) is 0 Å². The average Bonchev–Trinajstić information content (AvgIpc) is 3.06. The second kappa shape index (κ2) is 5.33. The Bertz CT molecular complexity index is 457. The molecule has 0 radical (unpaired) electrons. The van der Waals surface area contributed by atoms with Gasteiger partial charge in [0, 0.05) is 12.5 Å². The molecule has 2 bridgehead atoms. The monoisotopic (exact) mass is 258 g/mol. The number of fused-ring (bicyclic) bond motifs is 2. The van der Waals surface area contributed by atoms with E-state index in [9.17, 15) is 5.21 Å². The molecular weight excluding hydrogens is 236 g/mol. The molecule has 1 aromatic carbocycles. The summed E-state index contributed by atoms with van der Waals surface area (Å²) in [4.78, 5) is 2.47. The van der Waals surface area contributed by atoms with E-state index in [1.165, 1.54) is 24.8 Å². The van der Waals surface area contributed by atoms with Gasteiger partial charge in [0.05, 0.1) is 11.8 Å². The molecule has 1 aromatic rings. The van der Waals surface area contributed by atoms with Crippen LogP contribution in [-0.4, -0.2) is 28.4 Å². The lowest BCUT2D eigenvalue weighted by atomic mass is 9.91. The molecule has 0 amide bonds. The van der Waals surface area contributed by atoms with Gasteiger partial charge in [-0.05, 0) is 37.3 Å². The molecule has 2 aliphatic carbocycles. The van der Waals surface area contributed by atoms with E-state index in [0.717, 1.165) is 18.8 Å². The van der Waals surface area contributed by atoms with E-state index in [1.807, 2.05) is 0 Å². The first-order valence-electron chi connectivity index (χ1n) is 7.33. The van der Waals surface area contributed by atoms with Crippen LogP contribution in [0.4, 0.5) is 0 Å². The van der Waals surface area contributed by atoms with Crippen LogP contribution in [0.15, 0.2) is 35.5 Å². The number of rotatable bonds is 4. The third-order valence-corrected chi connectivity index (χ3v) is 4.78. The molecule has 3 rings (SSSR count). The van der Waals surface area contributed by atoms with Crippen LogP contribution in [0, 0.1) is 11.8 Å². The molecule has 3 heteroatoms. The van der Waals surface area contributed by atoms with E-state index in [4.69, 9.17) is 0 Å². The third kappa shape index (κ3) is 2.27. The van der Waals surface area contributed by atoms with E-state index in [0.29, 0.717) is 17.9 Å². The van der Waals surface area contributed by atoms with Gasteiger partial charge in [0.15, 0.2) is 0 Å². The number of hydrogen-bond donors (Lipinski definition) is 1. The van der Waals surface area contributed by atoms with Crippen LogP contribution in [-0.2, 0) is 6.54 Å². The fourth-order valence-corrected chi connectivity index (χ4v) is 3.91. The molecule has 3 nitrogen and oxygen atoms in total. The maximum Gasteiger partial charge on any atom is 0.0775 e. The van der Waals surface area contributed by atoms with Crippen molar-refractivity contribution < 1.29 is 5.21 Å². The largest absolute Gasteiger partial charge is 0.411 e. The van der Waals surface area contributed by atoms with Crippen LogP contribution in [0.25, 0.3) is 0 Å². The Morgan fingerprint density at radius 3 is 2.74 bits per heavy atom. The molecule has 1 N–H and O–H groups in total. The molecule has 0 saturated heterocycles. The minimum atomic E-state index is 0.356. The Kier molecular flexibility index (Phi) is 3.56. The molecule has 2 fully saturated rings. The Morgan fingerprint density at radius 2 is 2.05 bits per heavy atom. The lowest BCUT2D eigenvalue weighted by Gasteiger charge is -2.34. The molecule has 2 saturated carbocycles. The van der Waals surface area contributed by atoms with Gasteiger partial charge in [0.1, 0.15) is 0 Å². The highest BCUT2D eigenvalue weighted by molar-refractivity contribution is 5.94. The fraction of sp³-hybridized carbons (Fsp3) is 0.562. The van der Waals surface area contributed by atoms with Crippen molar-refractivity contribution in [2.45, 2.75) is 38.8 Å². The fourth-order valence-electron chi connectivity index (χ4n) is 3.91. The van der Waals surface area contributed by atoms with Crippen LogP contribution in [0.5, 0.6) is 0 Å². The van der Waals surface area contributed by atoms with Crippen molar-refractivity contribution in [1.82, 2.24) is 4.90 Å². The molecule has 102 valence electrons. The van der Waals surface area contributed by atoms with Crippen molar-refractivity contribution in [1.29, 1.82) is 0 Å². The van der Waals surface area contributed by atoms with Gasteiger partial charge in [-0.15, -0.1) is 0 Å². The molecule has 0 spiro atoms. The first-order valence-corrected chi connectivity index (χ1v) is 7.33. The van der Waals surface area contributed by atoms with Crippen LogP contribution in [0.2, 0.25) is 0 Å². The highest BCUT2D eigenvalue weighted by Crippen LogP contribution is 2.45. The smallest absolute Gasteiger partial charge is 0.0775 e. The topological polar surface area (TPSA) is 35.8 Å². The summed E-state index contributed by atoms with van der Waals surface area (Å²) < 4.78 is 0. The molecule has 3 atom stereocenters. The maximum atomic E-state index is 9.33. The predicted molar refractivity (Wildman–Crippen MR) is 76.4 cm³/mol. The molecule has 19 heavy (non-hydrogen) atoms. The van der Waals surface area contributed by atoms with E-state index in [-0.39, 0.29) is 0 Å². The Balaban J connectivity index is 1.79. The van der Waals surface area contributed by atoms with Crippen LogP contribution >= 0.6 is 0 Å². The second-order valence-electron chi connectivity index (χ2n) is 5.79. The summed E-state index contributed by atoms with van der Waals surface area (Å²) in [5, 5.41) is 13.0. The van der Waals surface area contributed by atoms with Gasteiger partial charge >= 0.3 is 0 Å². The number of hydrogen-bond acceptors (Lipinski definition) is 3. The summed E-state index contributed by atoms with van der Waals surface area (Å²) in [6.45, 7) is 4.15. The van der Waals surface area contributed by atoms with E-state index in [1.54, 1.807) is 0 Å². The first kappa shape index (κ1) is 12.7. The predicted octanol–water partition coefficient (Wildman–Crippen LogP) is 3.14. The highest BCUT2D eigenvalue weighted by Gasteiger charge is 2.47. The summed E-state index contributed by atoms with van der Waals surface area (Å²) in [5.41, 5.74) is 2.37. The molecule has 2 aliphatic rings. The lowest BCUT2D eigenvalue weighted by Crippen LogP contribution is -2.44. The Morgan fingerprint density at radius 1 is 1.26 bits per heavy atom. The average molecular weight is 258 g/mol. The SMILES string of the molecule is CCN(Cc1ccccc1)C1C(=NO)C2CCC1C2. The lowest BCUT2D eigenvalue weighted by molar-refractivity contribution is 0.192. The Hall–Kier alpha value is -1.35. The summed E-state index contributed by atoms with van der Waals surface area (Å²) >= 11 is 0. The van der Waals surface area contributed by atoms with E-state index in [2.05, 4.69) is 47.3 Å². The summed E-state index contributed by atoms with van der Waals surface area (Å²) in [5.74, 6) is 1.23. The summed E-state index contributed by atoms with van der Waals surface area (Å²) in [6.07, 6.45) is 3.72. The van der Waals surface area contributed by atoms with Gasteiger partial charge in [-0.2, -0.15) is 0 Å². The normalized spacial score (nSPS) is 31.5. The minimum absolute atomic E-state index is 0.356. The van der Waals surface area contributed by atoms with Crippen LogP contribution in [0.1, 0.15) is 31.7 Å². The van der Waals surface area contributed by atoms with Gasteiger partial charge in [0.25, 0.3) is 0 Å². The van der Waals surface area contributed by atoms with Gasteiger partial charge in [-0.3, -0.25) is 4.90 Å². The van der Waals surface area contributed by atoms with Crippen molar-refractivity contribution in [2.75, 3.05) is 6.54 Å². The zero-order valence-corrected chi connectivity index (χ0v) is 11.5. The number of benzene rings is 1. The first-order chi connectivity index (χ1) is 9.33. The van der Waals surface area contributed by atoms with Gasteiger partial charge in [-0.25, -0.2) is 0 Å². The summed E-state index contributed by atoms with van der Waals surface area (Å²) in [6, 6.07) is 10.9. The van der Waals surface area contributed by atoms with Gasteiger partial charge in [0.2, 0.25) is 0 Å². The molecule has 0 aromatic heterocycles. The third-order valence-electron chi connectivity index (χ3n) is 4.78. The molecule has 0 aliphatic heterocycles. The van der Waals surface area contributed by atoms with Crippen molar-refractivity contribution in [3.8, 4) is 0 Å². The van der Waals surface area contributed by atoms with Crippen molar-refractivity contribution >= 4 is 5.71 Å². The number of oxime groups is 1. The van der Waals surface area contributed by atoms with Crippen molar-refractivity contribution in [2.24, 2.45) is 17.0 Å². The van der Waals surface area contributed by atoms with Crippen molar-refractivity contribution in [3.05, 3.63) is 35.9 Å². The quantitative estimate of drug-likeness (QED) is 0.665. The maximum absolute atomic E-state index is 9.33. The minimum Gasteiger partial charge on any atom is -0.411 e. The highest BCUT2D eigenvalue weighted by atomic mass is 16.4. The van der Waals surface area contributed by atoms with Crippen LogP contribution < -0.4 is 0 Å². The number of nitrogens with zero attached hydrogens (tertiary/aromatic N) is 2. The molecule has 3 unspecified atom stereocenters. The molecular formula is C16H22N2O. The zero-order chi connectivity index (χ0) is 13.2.